The second-order valence-corrected chi connectivity index (χ2v) is 6.96. The van der Waals surface area contributed by atoms with Gasteiger partial charge >= 0.3 is 0 Å². The van der Waals surface area contributed by atoms with Gasteiger partial charge in [0, 0.05) is 19.6 Å². The summed E-state index contributed by atoms with van der Waals surface area (Å²) in [5, 5.41) is 3.00. The van der Waals surface area contributed by atoms with Gasteiger partial charge in [-0.1, -0.05) is 13.8 Å². The Balaban J connectivity index is 1.67. The van der Waals surface area contributed by atoms with Crippen molar-refractivity contribution < 1.29 is 4.79 Å². The Morgan fingerprint density at radius 2 is 2.45 bits per heavy atom. The maximum atomic E-state index is 11.8. The summed E-state index contributed by atoms with van der Waals surface area (Å²) >= 11 is 1.39. The van der Waals surface area contributed by atoms with Gasteiger partial charge in [0.05, 0.1) is 11.7 Å². The normalized spacial score (nSPS) is 20.2. The number of carbonyl (C=O) groups excluding carboxylic acids is 1. The van der Waals surface area contributed by atoms with E-state index in [2.05, 4.69) is 29.0 Å². The van der Waals surface area contributed by atoms with E-state index in [0.29, 0.717) is 4.88 Å². The molecule has 2 heterocycles. The highest BCUT2D eigenvalue weighted by atomic mass is 32.1. The van der Waals surface area contributed by atoms with Crippen molar-refractivity contribution in [2.24, 2.45) is 11.8 Å². The lowest BCUT2D eigenvalue weighted by molar-refractivity contribution is 0.0949. The number of carbonyl (C=O) groups is 1. The number of likely N-dealkylation sites (tertiary alicyclic amines) is 1. The minimum atomic E-state index is 0.0161. The molecule has 112 valence electrons. The molecule has 0 saturated carbocycles. The monoisotopic (exact) mass is 295 g/mol. The average molecular weight is 295 g/mol. The molecule has 1 aliphatic rings. The molecule has 1 fully saturated rings. The Bertz CT molecular complexity index is 405. The van der Waals surface area contributed by atoms with Crippen LogP contribution in [-0.4, -0.2) is 42.0 Å². The number of rotatable bonds is 6. The Labute approximate surface area is 125 Å². The molecule has 5 heteroatoms. The summed E-state index contributed by atoms with van der Waals surface area (Å²) in [5.41, 5.74) is 1.69. The minimum Gasteiger partial charge on any atom is -0.351 e. The summed E-state index contributed by atoms with van der Waals surface area (Å²) < 4.78 is 0. The molecule has 1 amide bonds. The van der Waals surface area contributed by atoms with Gasteiger partial charge in [-0.15, -0.1) is 11.3 Å². The molecule has 1 unspecified atom stereocenters. The lowest BCUT2D eigenvalue weighted by Crippen LogP contribution is -2.38. The van der Waals surface area contributed by atoms with E-state index in [-0.39, 0.29) is 5.91 Å². The third-order valence-corrected chi connectivity index (χ3v) is 4.49. The molecule has 1 saturated heterocycles. The first-order valence-corrected chi connectivity index (χ1v) is 8.42. The lowest BCUT2D eigenvalue weighted by atomic mass is 9.94. The van der Waals surface area contributed by atoms with Gasteiger partial charge < -0.3 is 10.2 Å². The Hall–Kier alpha value is -0.940. The van der Waals surface area contributed by atoms with Crippen LogP contribution in [0.1, 0.15) is 42.8 Å². The van der Waals surface area contributed by atoms with E-state index in [1.807, 2.05) is 0 Å². The summed E-state index contributed by atoms with van der Waals surface area (Å²) in [6.45, 7) is 8.95. The molecule has 1 atom stereocenters. The first kappa shape index (κ1) is 15.4. The molecule has 0 aliphatic carbocycles. The number of nitrogens with zero attached hydrogens (tertiary/aromatic N) is 2. The molecule has 20 heavy (non-hydrogen) atoms. The third-order valence-electron chi connectivity index (χ3n) is 3.72. The Morgan fingerprint density at radius 3 is 3.15 bits per heavy atom. The molecule has 0 aromatic carbocycles. The number of thiazole rings is 1. The fourth-order valence-electron chi connectivity index (χ4n) is 2.87. The van der Waals surface area contributed by atoms with Gasteiger partial charge in [0.15, 0.2) is 0 Å². The van der Waals surface area contributed by atoms with Gasteiger partial charge in [-0.3, -0.25) is 9.78 Å². The molecule has 0 radical (unpaired) electrons. The van der Waals surface area contributed by atoms with E-state index in [1.165, 1.54) is 43.8 Å². The predicted octanol–water partition coefficient (Wildman–Crippen LogP) is 2.63. The summed E-state index contributed by atoms with van der Waals surface area (Å²) in [6, 6.07) is 0. The molecule has 1 aromatic heterocycles. The Morgan fingerprint density at radius 1 is 1.60 bits per heavy atom. The van der Waals surface area contributed by atoms with E-state index in [0.717, 1.165) is 24.8 Å². The van der Waals surface area contributed by atoms with Crippen LogP contribution in [0, 0.1) is 11.8 Å². The topological polar surface area (TPSA) is 45.2 Å². The van der Waals surface area contributed by atoms with Crippen molar-refractivity contribution >= 4 is 17.2 Å². The highest BCUT2D eigenvalue weighted by molar-refractivity contribution is 7.11. The zero-order chi connectivity index (χ0) is 14.4. The number of aromatic nitrogens is 1. The largest absolute Gasteiger partial charge is 0.351 e. The van der Waals surface area contributed by atoms with Crippen LogP contribution in [0.15, 0.2) is 11.7 Å². The molecule has 2 rings (SSSR count). The van der Waals surface area contributed by atoms with Gasteiger partial charge in [-0.05, 0) is 37.6 Å². The van der Waals surface area contributed by atoms with E-state index in [4.69, 9.17) is 0 Å². The summed E-state index contributed by atoms with van der Waals surface area (Å²) in [6.07, 6.45) is 5.30. The van der Waals surface area contributed by atoms with Crippen LogP contribution in [0.3, 0.4) is 0 Å². The number of hydrogen-bond acceptors (Lipinski definition) is 4. The van der Waals surface area contributed by atoms with Crippen molar-refractivity contribution in [1.29, 1.82) is 0 Å². The first-order valence-electron chi connectivity index (χ1n) is 7.54. The van der Waals surface area contributed by atoms with E-state index in [1.54, 1.807) is 11.7 Å². The summed E-state index contributed by atoms with van der Waals surface area (Å²) in [7, 11) is 0. The lowest BCUT2D eigenvalue weighted by Gasteiger charge is -2.33. The zero-order valence-corrected chi connectivity index (χ0v) is 13.3. The highest BCUT2D eigenvalue weighted by Gasteiger charge is 2.20. The third kappa shape index (κ3) is 4.87. The van der Waals surface area contributed by atoms with Crippen molar-refractivity contribution in [2.75, 3.05) is 26.2 Å². The number of amides is 1. The van der Waals surface area contributed by atoms with Crippen molar-refractivity contribution in [3.05, 3.63) is 16.6 Å². The summed E-state index contributed by atoms with van der Waals surface area (Å²) in [5.74, 6) is 1.48. The van der Waals surface area contributed by atoms with Gasteiger partial charge in [-0.25, -0.2) is 0 Å². The van der Waals surface area contributed by atoms with E-state index in [9.17, 15) is 4.79 Å². The van der Waals surface area contributed by atoms with Crippen molar-refractivity contribution in [1.82, 2.24) is 15.2 Å². The predicted molar refractivity (Wildman–Crippen MR) is 83.1 cm³/mol. The van der Waals surface area contributed by atoms with Crippen molar-refractivity contribution in [3.63, 3.8) is 0 Å². The molecule has 4 nitrogen and oxygen atoms in total. The first-order chi connectivity index (χ1) is 9.65. The van der Waals surface area contributed by atoms with Crippen molar-refractivity contribution in [2.45, 2.75) is 33.1 Å². The average Bonchev–Trinajstić information content (AvgIpc) is 2.92. The maximum absolute atomic E-state index is 11.8. The fourth-order valence-corrected chi connectivity index (χ4v) is 3.41. The van der Waals surface area contributed by atoms with Crippen LogP contribution in [0.5, 0.6) is 0 Å². The molecule has 1 aliphatic heterocycles. The van der Waals surface area contributed by atoms with E-state index < -0.39 is 0 Å². The second kappa shape index (κ2) is 7.74. The van der Waals surface area contributed by atoms with Crippen LogP contribution in [0.2, 0.25) is 0 Å². The second-order valence-electron chi connectivity index (χ2n) is 6.07. The fraction of sp³-hybridized carbons (Fsp3) is 0.733. The van der Waals surface area contributed by atoms with Crippen LogP contribution in [0.4, 0.5) is 0 Å². The smallest absolute Gasteiger partial charge is 0.262 e. The highest BCUT2D eigenvalue weighted by Crippen LogP contribution is 2.20. The standard InChI is InChI=1S/C15H25N3OS/c1-12(2)9-18-7-3-4-13(10-18)5-6-17-15(19)14-8-16-11-20-14/h8,11-13H,3-7,9-10H2,1-2H3,(H,17,19). The van der Waals surface area contributed by atoms with Gasteiger partial charge in [0.1, 0.15) is 4.88 Å². The van der Waals surface area contributed by atoms with Crippen LogP contribution < -0.4 is 5.32 Å². The zero-order valence-electron chi connectivity index (χ0n) is 12.5. The van der Waals surface area contributed by atoms with Gasteiger partial charge in [0.2, 0.25) is 0 Å². The number of nitrogens with one attached hydrogen (secondary N) is 1. The minimum absolute atomic E-state index is 0.0161. The molecule has 1 aromatic rings. The van der Waals surface area contributed by atoms with Crippen molar-refractivity contribution in [3.8, 4) is 0 Å². The quantitative estimate of drug-likeness (QED) is 0.877. The summed E-state index contributed by atoms with van der Waals surface area (Å²) in [4.78, 5) is 19.0. The SMILES string of the molecule is CC(C)CN1CCCC(CCNC(=O)c2cncs2)C1. The van der Waals surface area contributed by atoms with Crippen LogP contribution in [0.25, 0.3) is 0 Å². The van der Waals surface area contributed by atoms with Crippen LogP contribution in [-0.2, 0) is 0 Å². The molecule has 1 N–H and O–H groups in total. The maximum Gasteiger partial charge on any atom is 0.262 e. The van der Waals surface area contributed by atoms with E-state index >= 15 is 0 Å². The van der Waals surface area contributed by atoms with Crippen LogP contribution >= 0.6 is 11.3 Å². The molecule has 0 bridgehead atoms. The molecule has 0 spiro atoms. The Kier molecular flexibility index (Phi) is 5.98. The van der Waals surface area contributed by atoms with Gasteiger partial charge in [0.25, 0.3) is 5.91 Å². The number of hydrogen-bond donors (Lipinski definition) is 1. The molecular formula is C15H25N3OS. The molecular weight excluding hydrogens is 270 g/mol. The van der Waals surface area contributed by atoms with Gasteiger partial charge in [-0.2, -0.15) is 0 Å². The number of piperidine rings is 1.